The van der Waals surface area contributed by atoms with E-state index in [2.05, 4.69) is 5.10 Å². The summed E-state index contributed by atoms with van der Waals surface area (Å²) in [6.45, 7) is 1.74. The predicted octanol–water partition coefficient (Wildman–Crippen LogP) is 3.25. The Kier molecular flexibility index (Phi) is 3.71. The van der Waals surface area contributed by atoms with Crippen molar-refractivity contribution in [2.75, 3.05) is 0 Å². The zero-order chi connectivity index (χ0) is 16.8. The SMILES string of the molecule is Cc1cccc(C(=O)N2N=C3CCCC[C@H]3[C@@]2(O)C(F)(F)F)c1. The normalized spacial score (nSPS) is 27.6. The standard InChI is InChI=1S/C16H17F3N2O2/c1-10-5-4-6-11(9-10)14(22)21-15(23,16(17,18)19)12-7-2-3-8-13(12)20-21/h4-6,9,12,23H,2-3,7-8H2,1H3/t12-,15-/m1/s1. The number of hydrogen-bond acceptors (Lipinski definition) is 3. The molecule has 1 aromatic carbocycles. The molecule has 1 amide bonds. The summed E-state index contributed by atoms with van der Waals surface area (Å²) in [5.41, 5.74) is -2.17. The Labute approximate surface area is 131 Å². The first-order valence-electron chi connectivity index (χ1n) is 7.53. The van der Waals surface area contributed by atoms with Crippen LogP contribution < -0.4 is 0 Å². The molecule has 1 aromatic rings. The summed E-state index contributed by atoms with van der Waals surface area (Å²) in [6.07, 6.45) is -3.13. The molecule has 2 atom stereocenters. The van der Waals surface area contributed by atoms with Crippen molar-refractivity contribution in [1.82, 2.24) is 5.01 Å². The molecule has 1 N–H and O–H groups in total. The molecule has 0 aromatic heterocycles. The van der Waals surface area contributed by atoms with Crippen LogP contribution in [0.15, 0.2) is 29.4 Å². The lowest BCUT2D eigenvalue weighted by atomic mass is 9.80. The number of amides is 1. The van der Waals surface area contributed by atoms with Gasteiger partial charge in [-0.25, -0.2) is 0 Å². The number of hydrogen-bond donors (Lipinski definition) is 1. The smallest absolute Gasteiger partial charge is 0.362 e. The van der Waals surface area contributed by atoms with Crippen LogP contribution in [-0.2, 0) is 0 Å². The fraction of sp³-hybridized carbons (Fsp3) is 0.500. The van der Waals surface area contributed by atoms with E-state index in [9.17, 15) is 23.1 Å². The van der Waals surface area contributed by atoms with Crippen LogP contribution in [0.3, 0.4) is 0 Å². The molecule has 0 spiro atoms. The summed E-state index contributed by atoms with van der Waals surface area (Å²) in [5, 5.41) is 14.6. The highest BCUT2D eigenvalue weighted by Gasteiger charge is 2.68. The van der Waals surface area contributed by atoms with Crippen LogP contribution in [0.2, 0.25) is 0 Å². The quantitative estimate of drug-likeness (QED) is 0.861. The maximum atomic E-state index is 13.6. The predicted molar refractivity (Wildman–Crippen MR) is 77.7 cm³/mol. The molecule has 0 unspecified atom stereocenters. The number of halogens is 3. The molecule has 124 valence electrons. The molecule has 0 bridgehead atoms. The van der Waals surface area contributed by atoms with Gasteiger partial charge in [-0.05, 0) is 38.3 Å². The second-order valence-corrected chi connectivity index (χ2v) is 6.10. The van der Waals surface area contributed by atoms with Crippen LogP contribution in [0.1, 0.15) is 41.6 Å². The number of aliphatic hydroxyl groups is 1. The minimum absolute atomic E-state index is 0.0793. The monoisotopic (exact) mass is 326 g/mol. The first kappa shape index (κ1) is 16.0. The average Bonchev–Trinajstić information content (AvgIpc) is 2.81. The molecule has 1 saturated carbocycles. The third-order valence-electron chi connectivity index (χ3n) is 4.49. The van der Waals surface area contributed by atoms with E-state index >= 15 is 0 Å². The minimum atomic E-state index is -4.97. The number of alkyl halides is 3. The highest BCUT2D eigenvalue weighted by Crippen LogP contribution is 2.48. The molecule has 0 saturated heterocycles. The van der Waals surface area contributed by atoms with Gasteiger partial charge < -0.3 is 5.11 Å². The summed E-state index contributed by atoms with van der Waals surface area (Å²) in [5.74, 6) is -2.11. The maximum Gasteiger partial charge on any atom is 0.439 e. The van der Waals surface area contributed by atoms with E-state index in [4.69, 9.17) is 0 Å². The van der Waals surface area contributed by atoms with Crippen molar-refractivity contribution in [3.8, 4) is 0 Å². The van der Waals surface area contributed by atoms with E-state index in [0.29, 0.717) is 12.8 Å². The van der Waals surface area contributed by atoms with Crippen LogP contribution >= 0.6 is 0 Å². The van der Waals surface area contributed by atoms with Crippen LogP contribution in [-0.4, -0.2) is 33.6 Å². The van der Waals surface area contributed by atoms with Gasteiger partial charge in [0.1, 0.15) is 0 Å². The number of benzene rings is 1. The fourth-order valence-electron chi connectivity index (χ4n) is 3.32. The van der Waals surface area contributed by atoms with Crippen molar-refractivity contribution in [1.29, 1.82) is 0 Å². The van der Waals surface area contributed by atoms with Crippen molar-refractivity contribution < 1.29 is 23.1 Å². The molecular formula is C16H17F3N2O2. The highest BCUT2D eigenvalue weighted by atomic mass is 19.4. The number of rotatable bonds is 1. The van der Waals surface area contributed by atoms with E-state index in [-0.39, 0.29) is 22.7 Å². The van der Waals surface area contributed by atoms with Gasteiger partial charge in [-0.1, -0.05) is 24.1 Å². The van der Waals surface area contributed by atoms with Gasteiger partial charge in [-0.2, -0.15) is 23.3 Å². The van der Waals surface area contributed by atoms with Gasteiger partial charge in [-0.3, -0.25) is 4.79 Å². The Morgan fingerprint density at radius 1 is 1.39 bits per heavy atom. The summed E-state index contributed by atoms with van der Waals surface area (Å²) in [7, 11) is 0. The lowest BCUT2D eigenvalue weighted by Crippen LogP contribution is -2.61. The lowest BCUT2D eigenvalue weighted by Gasteiger charge is -2.38. The molecule has 3 rings (SSSR count). The second-order valence-electron chi connectivity index (χ2n) is 6.10. The summed E-state index contributed by atoms with van der Waals surface area (Å²) < 4.78 is 40.8. The Morgan fingerprint density at radius 3 is 2.78 bits per heavy atom. The first-order chi connectivity index (χ1) is 10.7. The molecule has 1 heterocycles. The molecule has 23 heavy (non-hydrogen) atoms. The molecule has 1 fully saturated rings. The first-order valence-corrected chi connectivity index (χ1v) is 7.53. The average molecular weight is 326 g/mol. The Bertz CT molecular complexity index is 672. The number of carbonyl (C=O) groups excluding carboxylic acids is 1. The van der Waals surface area contributed by atoms with Crippen LogP contribution in [0.5, 0.6) is 0 Å². The van der Waals surface area contributed by atoms with Gasteiger partial charge in [0, 0.05) is 11.3 Å². The van der Waals surface area contributed by atoms with Crippen molar-refractivity contribution in [2.45, 2.75) is 44.5 Å². The summed E-state index contributed by atoms with van der Waals surface area (Å²) in [6, 6.07) is 6.24. The lowest BCUT2D eigenvalue weighted by molar-refractivity contribution is -0.312. The van der Waals surface area contributed by atoms with E-state index in [1.54, 1.807) is 19.1 Å². The van der Waals surface area contributed by atoms with Gasteiger partial charge in [0.05, 0.1) is 5.92 Å². The number of aryl methyl sites for hydroxylation is 1. The van der Waals surface area contributed by atoms with Gasteiger partial charge in [0.25, 0.3) is 11.6 Å². The fourth-order valence-corrected chi connectivity index (χ4v) is 3.32. The highest BCUT2D eigenvalue weighted by molar-refractivity contribution is 5.99. The van der Waals surface area contributed by atoms with E-state index < -0.39 is 23.7 Å². The number of nitrogens with zero attached hydrogens (tertiary/aromatic N) is 2. The van der Waals surface area contributed by atoms with Gasteiger partial charge in [-0.15, -0.1) is 0 Å². The van der Waals surface area contributed by atoms with Gasteiger partial charge >= 0.3 is 6.18 Å². The molecule has 0 radical (unpaired) electrons. The second kappa shape index (κ2) is 5.33. The minimum Gasteiger partial charge on any atom is -0.362 e. The van der Waals surface area contributed by atoms with Crippen LogP contribution in [0.4, 0.5) is 13.2 Å². The number of hydrazone groups is 1. The molecule has 7 heteroatoms. The van der Waals surface area contributed by atoms with E-state index in [1.165, 1.54) is 12.1 Å². The van der Waals surface area contributed by atoms with Gasteiger partial charge in [0.2, 0.25) is 0 Å². The maximum absolute atomic E-state index is 13.6. The van der Waals surface area contributed by atoms with Crippen LogP contribution in [0.25, 0.3) is 0 Å². The van der Waals surface area contributed by atoms with E-state index in [0.717, 1.165) is 12.0 Å². The Balaban J connectivity index is 2.05. The third-order valence-corrected chi connectivity index (χ3v) is 4.49. The molecule has 2 aliphatic rings. The van der Waals surface area contributed by atoms with Crippen LogP contribution in [0, 0.1) is 12.8 Å². The number of carbonyl (C=O) groups is 1. The van der Waals surface area contributed by atoms with E-state index in [1.807, 2.05) is 0 Å². The molecular weight excluding hydrogens is 309 g/mol. The number of fused-ring (bicyclic) bond motifs is 1. The Morgan fingerprint density at radius 2 is 2.13 bits per heavy atom. The topological polar surface area (TPSA) is 52.9 Å². The summed E-state index contributed by atoms with van der Waals surface area (Å²) in [4.78, 5) is 12.6. The van der Waals surface area contributed by atoms with Gasteiger partial charge in [0.15, 0.2) is 0 Å². The van der Waals surface area contributed by atoms with Crippen molar-refractivity contribution in [3.05, 3.63) is 35.4 Å². The van der Waals surface area contributed by atoms with Crippen molar-refractivity contribution in [3.63, 3.8) is 0 Å². The molecule has 1 aliphatic carbocycles. The zero-order valence-electron chi connectivity index (χ0n) is 12.6. The molecule has 1 aliphatic heterocycles. The van der Waals surface area contributed by atoms with Crippen molar-refractivity contribution in [2.24, 2.45) is 11.0 Å². The Hall–Kier alpha value is -1.89. The van der Waals surface area contributed by atoms with Crippen molar-refractivity contribution >= 4 is 11.6 Å². The summed E-state index contributed by atoms with van der Waals surface area (Å²) >= 11 is 0. The molecule has 4 nitrogen and oxygen atoms in total. The largest absolute Gasteiger partial charge is 0.439 e. The third kappa shape index (κ3) is 2.43. The zero-order valence-corrected chi connectivity index (χ0v) is 12.6.